The maximum atomic E-state index is 11.9. The molecule has 0 fully saturated rings. The lowest BCUT2D eigenvalue weighted by Crippen LogP contribution is -2.42. The summed E-state index contributed by atoms with van der Waals surface area (Å²) in [6.45, 7) is 9.85. The number of amides is 2. The highest BCUT2D eigenvalue weighted by Gasteiger charge is 2.08. The Balaban J connectivity index is 2.59. The molecule has 2 amide bonds. The van der Waals surface area contributed by atoms with Gasteiger partial charge >= 0.3 is 0 Å². The number of nitrogens with two attached hydrogens (primary N) is 1. The fraction of sp³-hybridized carbons (Fsp3) is 0.571. The van der Waals surface area contributed by atoms with Crippen molar-refractivity contribution < 1.29 is 9.59 Å². The van der Waals surface area contributed by atoms with Crippen LogP contribution in [0.15, 0.2) is 29.3 Å². The summed E-state index contributed by atoms with van der Waals surface area (Å²) >= 11 is 0. The van der Waals surface area contributed by atoms with Crippen LogP contribution in [-0.2, 0) is 11.3 Å². The molecule has 0 saturated heterocycles. The second-order valence-electron chi connectivity index (χ2n) is 7.41. The molecule has 0 aromatic heterocycles. The van der Waals surface area contributed by atoms with Crippen molar-refractivity contribution in [2.24, 2.45) is 16.6 Å². The van der Waals surface area contributed by atoms with Crippen LogP contribution >= 0.6 is 0 Å². The molecule has 28 heavy (non-hydrogen) atoms. The molecule has 156 valence electrons. The molecule has 1 aromatic carbocycles. The summed E-state index contributed by atoms with van der Waals surface area (Å²) in [5.41, 5.74) is 6.51. The highest BCUT2D eigenvalue weighted by molar-refractivity contribution is 5.96. The van der Waals surface area contributed by atoms with Gasteiger partial charge in [0.05, 0.1) is 13.1 Å². The molecule has 0 saturated carbocycles. The van der Waals surface area contributed by atoms with E-state index >= 15 is 0 Å². The minimum Gasteiger partial charge on any atom is -0.368 e. The summed E-state index contributed by atoms with van der Waals surface area (Å²) < 4.78 is 0. The molecular weight excluding hydrogens is 354 g/mol. The average molecular weight is 390 g/mol. The number of rotatable bonds is 11. The topological polar surface area (TPSA) is 109 Å². The molecule has 0 radical (unpaired) electrons. The van der Waals surface area contributed by atoms with E-state index in [0.29, 0.717) is 18.2 Å². The summed E-state index contributed by atoms with van der Waals surface area (Å²) in [6.07, 6.45) is 3.54. The van der Waals surface area contributed by atoms with E-state index in [1.807, 2.05) is 19.1 Å². The molecule has 7 nitrogen and oxygen atoms in total. The van der Waals surface area contributed by atoms with Crippen molar-refractivity contribution in [3.05, 3.63) is 35.4 Å². The van der Waals surface area contributed by atoms with Gasteiger partial charge in [-0.1, -0.05) is 38.8 Å². The van der Waals surface area contributed by atoms with Gasteiger partial charge in [0, 0.05) is 18.2 Å². The lowest BCUT2D eigenvalue weighted by molar-refractivity contribution is -0.117. The second-order valence-corrected chi connectivity index (χ2v) is 7.41. The van der Waals surface area contributed by atoms with E-state index in [-0.39, 0.29) is 12.5 Å². The summed E-state index contributed by atoms with van der Waals surface area (Å²) in [4.78, 5) is 27.3. The van der Waals surface area contributed by atoms with E-state index in [9.17, 15) is 9.59 Å². The molecule has 1 atom stereocenters. The molecule has 7 heteroatoms. The second kappa shape index (κ2) is 12.8. The molecule has 0 heterocycles. The predicted molar refractivity (Wildman–Crippen MR) is 114 cm³/mol. The van der Waals surface area contributed by atoms with Crippen LogP contribution < -0.4 is 21.7 Å². The number of carbonyl (C=O) groups excluding carboxylic acids is 2. The highest BCUT2D eigenvalue weighted by atomic mass is 16.2. The third-order valence-corrected chi connectivity index (χ3v) is 4.20. The first-order valence-electron chi connectivity index (χ1n) is 10.0. The number of nitrogens with zero attached hydrogens (tertiary/aromatic N) is 1. The molecule has 1 aromatic rings. The zero-order chi connectivity index (χ0) is 20.9. The van der Waals surface area contributed by atoms with Crippen molar-refractivity contribution in [1.29, 1.82) is 0 Å². The zero-order valence-electron chi connectivity index (χ0n) is 17.5. The number of guanidine groups is 1. The van der Waals surface area contributed by atoms with Gasteiger partial charge in [0.25, 0.3) is 5.91 Å². The van der Waals surface area contributed by atoms with Gasteiger partial charge in [0.1, 0.15) is 0 Å². The van der Waals surface area contributed by atoms with Crippen LogP contribution in [0.4, 0.5) is 0 Å². The first-order chi connectivity index (χ1) is 13.3. The molecule has 0 aliphatic heterocycles. The van der Waals surface area contributed by atoms with E-state index in [1.165, 1.54) is 12.8 Å². The van der Waals surface area contributed by atoms with Crippen LogP contribution in [0.1, 0.15) is 62.9 Å². The Morgan fingerprint density at radius 2 is 1.75 bits per heavy atom. The standard InChI is InChI=1S/C21H35N5O2/c1-5-23-21(26-16(4)8-6-7-15(2)3)25-13-17-9-11-18(12-10-17)20(28)24-14-19(22)27/h9-12,15-16H,5-8,13-14H2,1-4H3,(H2,22,27)(H,24,28)(H2,23,25,26). The molecule has 0 aliphatic rings. The number of nitrogens with one attached hydrogen (secondary N) is 3. The maximum absolute atomic E-state index is 11.9. The highest BCUT2D eigenvalue weighted by Crippen LogP contribution is 2.09. The number of hydrogen-bond donors (Lipinski definition) is 4. The molecule has 1 rings (SSSR count). The van der Waals surface area contributed by atoms with Gasteiger partial charge < -0.3 is 21.7 Å². The SMILES string of the molecule is CCNC(=NCc1ccc(C(=O)NCC(N)=O)cc1)NC(C)CCCC(C)C. The molecule has 0 bridgehead atoms. The Morgan fingerprint density at radius 1 is 1.07 bits per heavy atom. The third-order valence-electron chi connectivity index (χ3n) is 4.20. The third kappa shape index (κ3) is 9.94. The van der Waals surface area contributed by atoms with E-state index in [4.69, 9.17) is 5.73 Å². The van der Waals surface area contributed by atoms with Gasteiger partial charge in [0.2, 0.25) is 5.91 Å². The Bertz CT molecular complexity index is 641. The van der Waals surface area contributed by atoms with Crippen LogP contribution in [0.25, 0.3) is 0 Å². The largest absolute Gasteiger partial charge is 0.368 e. The van der Waals surface area contributed by atoms with Crippen molar-refractivity contribution >= 4 is 17.8 Å². The minimum atomic E-state index is -0.568. The first kappa shape index (κ1) is 23.5. The quantitative estimate of drug-likeness (QED) is 0.343. The summed E-state index contributed by atoms with van der Waals surface area (Å²) in [5, 5.41) is 9.19. The van der Waals surface area contributed by atoms with E-state index < -0.39 is 5.91 Å². The van der Waals surface area contributed by atoms with E-state index in [0.717, 1.165) is 30.4 Å². The van der Waals surface area contributed by atoms with Gasteiger partial charge in [-0.05, 0) is 43.9 Å². The van der Waals surface area contributed by atoms with Crippen LogP contribution in [0.3, 0.4) is 0 Å². The molecular formula is C21H35N5O2. The van der Waals surface area contributed by atoms with Crippen molar-refractivity contribution in [1.82, 2.24) is 16.0 Å². The lowest BCUT2D eigenvalue weighted by atomic mass is 10.0. The van der Waals surface area contributed by atoms with Crippen molar-refractivity contribution in [3.8, 4) is 0 Å². The van der Waals surface area contributed by atoms with Crippen LogP contribution in [-0.4, -0.2) is 36.9 Å². The Labute approximate surface area is 168 Å². The van der Waals surface area contributed by atoms with E-state index in [2.05, 4.69) is 41.7 Å². The van der Waals surface area contributed by atoms with Gasteiger partial charge in [-0.15, -0.1) is 0 Å². The smallest absolute Gasteiger partial charge is 0.251 e. The number of hydrogen-bond acceptors (Lipinski definition) is 3. The summed E-state index contributed by atoms with van der Waals surface area (Å²) in [5.74, 6) is 0.637. The first-order valence-corrected chi connectivity index (χ1v) is 10.0. The van der Waals surface area contributed by atoms with Gasteiger partial charge in [-0.3, -0.25) is 9.59 Å². The van der Waals surface area contributed by atoms with Crippen molar-refractivity contribution in [3.63, 3.8) is 0 Å². The number of benzene rings is 1. The van der Waals surface area contributed by atoms with E-state index in [1.54, 1.807) is 12.1 Å². The monoisotopic (exact) mass is 389 g/mol. The fourth-order valence-corrected chi connectivity index (χ4v) is 2.66. The van der Waals surface area contributed by atoms with Crippen LogP contribution in [0.2, 0.25) is 0 Å². The Morgan fingerprint density at radius 3 is 2.32 bits per heavy atom. The van der Waals surface area contributed by atoms with Crippen molar-refractivity contribution in [2.75, 3.05) is 13.1 Å². The molecule has 5 N–H and O–H groups in total. The molecule has 1 unspecified atom stereocenters. The zero-order valence-corrected chi connectivity index (χ0v) is 17.5. The number of primary amides is 1. The number of aliphatic imine (C=N–C) groups is 1. The minimum absolute atomic E-state index is 0.169. The van der Waals surface area contributed by atoms with Gasteiger partial charge in [-0.25, -0.2) is 4.99 Å². The Hall–Kier alpha value is -2.57. The molecule has 0 aliphatic carbocycles. The van der Waals surface area contributed by atoms with Crippen LogP contribution in [0, 0.1) is 5.92 Å². The predicted octanol–water partition coefficient (Wildman–Crippen LogP) is 2.17. The average Bonchev–Trinajstić information content (AvgIpc) is 2.64. The van der Waals surface area contributed by atoms with Crippen molar-refractivity contribution in [2.45, 2.75) is 59.5 Å². The normalized spacial score (nSPS) is 12.5. The Kier molecular flexibility index (Phi) is 10.7. The molecule has 0 spiro atoms. The summed E-state index contributed by atoms with van der Waals surface area (Å²) in [7, 11) is 0. The maximum Gasteiger partial charge on any atom is 0.251 e. The fourth-order valence-electron chi connectivity index (χ4n) is 2.66. The number of carbonyl (C=O) groups is 2. The lowest BCUT2D eigenvalue weighted by Gasteiger charge is -2.18. The van der Waals surface area contributed by atoms with Gasteiger partial charge in [0.15, 0.2) is 5.96 Å². The summed E-state index contributed by atoms with van der Waals surface area (Å²) in [6, 6.07) is 7.51. The van der Waals surface area contributed by atoms with Gasteiger partial charge in [-0.2, -0.15) is 0 Å². The van der Waals surface area contributed by atoms with Crippen LogP contribution in [0.5, 0.6) is 0 Å².